The molecule has 1 aliphatic heterocycles. The molecule has 2 saturated carbocycles. The van der Waals surface area contributed by atoms with Gasteiger partial charge in [-0.05, 0) is 54.4 Å². The van der Waals surface area contributed by atoms with Gasteiger partial charge in [-0.2, -0.15) is 0 Å². The van der Waals surface area contributed by atoms with E-state index < -0.39 is 5.91 Å². The fourth-order valence-electron chi connectivity index (χ4n) is 4.88. The number of rotatable bonds is 1. The van der Waals surface area contributed by atoms with Gasteiger partial charge in [0, 0.05) is 10.6 Å². The lowest BCUT2D eigenvalue weighted by Crippen LogP contribution is -2.40. The van der Waals surface area contributed by atoms with Crippen LogP contribution in [0.3, 0.4) is 0 Å². The third kappa shape index (κ3) is 1.65. The Balaban J connectivity index is 1.52. The second-order valence-corrected chi connectivity index (χ2v) is 7.41. The van der Waals surface area contributed by atoms with Gasteiger partial charge in [0.05, 0.1) is 11.8 Å². The van der Waals surface area contributed by atoms with Crippen molar-refractivity contribution >= 4 is 29.3 Å². The predicted octanol–water partition coefficient (Wildman–Crippen LogP) is 2.53. The third-order valence-electron chi connectivity index (χ3n) is 5.96. The Labute approximate surface area is 138 Å². The maximum atomic E-state index is 12.8. The van der Waals surface area contributed by atoms with Gasteiger partial charge in [-0.3, -0.25) is 14.4 Å². The summed E-state index contributed by atoms with van der Waals surface area (Å²) in [7, 11) is 0. The molecule has 5 aliphatic rings. The molecule has 5 heteroatoms. The lowest BCUT2D eigenvalue weighted by molar-refractivity contribution is -0.136. The van der Waals surface area contributed by atoms with Crippen molar-refractivity contribution in [1.82, 2.24) is 4.90 Å². The summed E-state index contributed by atoms with van der Waals surface area (Å²) in [6.07, 6.45) is 5.31. The molecule has 0 aromatic heterocycles. The first kappa shape index (κ1) is 13.5. The maximum absolute atomic E-state index is 12.8. The topological polar surface area (TPSA) is 54.5 Å². The van der Waals surface area contributed by atoms with Crippen molar-refractivity contribution < 1.29 is 14.4 Å². The molecule has 1 aromatic rings. The van der Waals surface area contributed by atoms with Crippen LogP contribution in [0.1, 0.15) is 16.8 Å². The largest absolute Gasteiger partial charge is 0.274 e. The van der Waals surface area contributed by atoms with Gasteiger partial charge in [-0.25, -0.2) is 4.90 Å². The fraction of sp³-hybridized carbons (Fsp3) is 0.389. The first-order chi connectivity index (χ1) is 11.1. The van der Waals surface area contributed by atoms with Crippen molar-refractivity contribution in [2.75, 3.05) is 0 Å². The number of carbonyl (C=O) groups excluding carboxylic acids is 3. The molecule has 3 amide bonds. The number of hydrogen-bond acceptors (Lipinski definition) is 3. The molecule has 116 valence electrons. The second-order valence-electron chi connectivity index (χ2n) is 6.98. The molecule has 1 aromatic carbocycles. The van der Waals surface area contributed by atoms with E-state index in [1.807, 2.05) is 0 Å². The molecule has 0 radical (unpaired) electrons. The summed E-state index contributed by atoms with van der Waals surface area (Å²) in [5.74, 6) is -0.491. The van der Waals surface area contributed by atoms with Crippen LogP contribution in [0.15, 0.2) is 36.4 Å². The molecular weight excluding hydrogens is 314 g/mol. The minimum atomic E-state index is -0.529. The van der Waals surface area contributed by atoms with Crippen LogP contribution in [-0.2, 0) is 9.59 Å². The third-order valence-corrected chi connectivity index (χ3v) is 6.21. The van der Waals surface area contributed by atoms with E-state index >= 15 is 0 Å². The highest BCUT2D eigenvalue weighted by molar-refractivity contribution is 6.30. The van der Waals surface area contributed by atoms with Crippen LogP contribution in [0.5, 0.6) is 0 Å². The lowest BCUT2D eigenvalue weighted by atomic mass is 9.63. The van der Waals surface area contributed by atoms with E-state index in [9.17, 15) is 14.4 Å². The Kier molecular flexibility index (Phi) is 2.54. The Morgan fingerprint density at radius 1 is 0.957 bits per heavy atom. The van der Waals surface area contributed by atoms with E-state index in [0.717, 1.165) is 11.3 Å². The Hall–Kier alpha value is -1.94. The summed E-state index contributed by atoms with van der Waals surface area (Å²) in [6.45, 7) is 0. The summed E-state index contributed by atoms with van der Waals surface area (Å²) >= 11 is 5.83. The summed E-state index contributed by atoms with van der Waals surface area (Å²) in [6, 6.07) is 6.29. The molecule has 6 rings (SSSR count). The van der Waals surface area contributed by atoms with Crippen molar-refractivity contribution in [3.63, 3.8) is 0 Å². The standard InChI is InChI=1S/C18H14ClNO3/c19-9-3-1-8(2-4-9)16(21)20-17(22)14-10-5-6-11(13-7-12(10)13)15(14)18(20)23/h1-6,10-15H,7H2/t10-,11-,12-,13-,14+,15+/m0/s1. The highest BCUT2D eigenvalue weighted by Gasteiger charge is 2.67. The average Bonchev–Trinajstić information content (AvgIpc) is 3.32. The number of allylic oxidation sites excluding steroid dienone is 2. The van der Waals surface area contributed by atoms with Crippen molar-refractivity contribution in [1.29, 1.82) is 0 Å². The van der Waals surface area contributed by atoms with Gasteiger partial charge in [0.2, 0.25) is 11.8 Å². The molecule has 0 spiro atoms. The van der Waals surface area contributed by atoms with Crippen LogP contribution < -0.4 is 0 Å². The van der Waals surface area contributed by atoms with E-state index in [2.05, 4.69) is 12.2 Å². The van der Waals surface area contributed by atoms with Crippen LogP contribution in [-0.4, -0.2) is 22.6 Å². The quantitative estimate of drug-likeness (QED) is 0.588. The van der Waals surface area contributed by atoms with E-state index in [0.29, 0.717) is 22.4 Å². The lowest BCUT2D eigenvalue weighted by Gasteiger charge is -2.37. The molecular formula is C18H14ClNO3. The van der Waals surface area contributed by atoms with Gasteiger partial charge in [0.15, 0.2) is 0 Å². The zero-order valence-corrected chi connectivity index (χ0v) is 12.9. The minimum absolute atomic E-state index is 0.134. The maximum Gasteiger partial charge on any atom is 0.267 e. The Morgan fingerprint density at radius 2 is 1.48 bits per heavy atom. The van der Waals surface area contributed by atoms with Gasteiger partial charge in [-0.1, -0.05) is 23.8 Å². The van der Waals surface area contributed by atoms with E-state index in [-0.39, 0.29) is 35.5 Å². The van der Waals surface area contributed by atoms with Crippen LogP contribution in [0.4, 0.5) is 0 Å². The van der Waals surface area contributed by atoms with Crippen molar-refractivity contribution in [3.05, 3.63) is 47.0 Å². The summed E-state index contributed by atoms with van der Waals surface area (Å²) in [5.41, 5.74) is 0.320. The molecule has 23 heavy (non-hydrogen) atoms. The van der Waals surface area contributed by atoms with Gasteiger partial charge in [0.1, 0.15) is 0 Å². The molecule has 2 bridgehead atoms. The molecule has 3 fully saturated rings. The zero-order valence-electron chi connectivity index (χ0n) is 12.2. The van der Waals surface area contributed by atoms with Gasteiger partial charge < -0.3 is 0 Å². The Bertz CT molecular complexity index is 748. The number of imide groups is 3. The van der Waals surface area contributed by atoms with Gasteiger partial charge in [-0.15, -0.1) is 0 Å². The molecule has 0 N–H and O–H groups in total. The van der Waals surface area contributed by atoms with E-state index in [1.54, 1.807) is 24.3 Å². The van der Waals surface area contributed by atoms with Crippen molar-refractivity contribution in [2.45, 2.75) is 6.42 Å². The SMILES string of the molecule is O=C(c1ccc(Cl)cc1)N1C(=O)[C@@H]2[C@H]3C=C[C@@H]([C@@H]4C[C@@H]34)[C@H]2C1=O. The number of halogens is 1. The van der Waals surface area contributed by atoms with Crippen LogP contribution in [0.2, 0.25) is 5.02 Å². The second kappa shape index (κ2) is 4.32. The Morgan fingerprint density at radius 3 is 2.00 bits per heavy atom. The molecule has 4 aliphatic carbocycles. The van der Waals surface area contributed by atoms with Crippen LogP contribution >= 0.6 is 11.6 Å². The number of likely N-dealkylation sites (tertiary alicyclic amines) is 1. The minimum Gasteiger partial charge on any atom is -0.274 e. The van der Waals surface area contributed by atoms with Gasteiger partial charge in [0.25, 0.3) is 5.91 Å². The van der Waals surface area contributed by atoms with E-state index in [1.165, 1.54) is 0 Å². The first-order valence-electron chi connectivity index (χ1n) is 7.94. The van der Waals surface area contributed by atoms with Crippen LogP contribution in [0.25, 0.3) is 0 Å². The van der Waals surface area contributed by atoms with E-state index in [4.69, 9.17) is 11.6 Å². The number of nitrogens with zero attached hydrogens (tertiary/aromatic N) is 1. The molecule has 6 atom stereocenters. The first-order valence-corrected chi connectivity index (χ1v) is 8.32. The van der Waals surface area contributed by atoms with Crippen LogP contribution in [0, 0.1) is 35.5 Å². The average molecular weight is 328 g/mol. The fourth-order valence-corrected chi connectivity index (χ4v) is 5.00. The monoisotopic (exact) mass is 327 g/mol. The highest BCUT2D eigenvalue weighted by atomic mass is 35.5. The smallest absolute Gasteiger partial charge is 0.267 e. The summed E-state index contributed by atoms with van der Waals surface area (Å²) in [4.78, 5) is 39.2. The van der Waals surface area contributed by atoms with Crippen molar-refractivity contribution in [2.24, 2.45) is 35.5 Å². The van der Waals surface area contributed by atoms with Crippen molar-refractivity contribution in [3.8, 4) is 0 Å². The molecule has 1 saturated heterocycles. The predicted molar refractivity (Wildman–Crippen MR) is 82.3 cm³/mol. The normalized spacial score (nSPS) is 39.4. The number of amides is 3. The van der Waals surface area contributed by atoms with Gasteiger partial charge >= 0.3 is 0 Å². The summed E-state index contributed by atoms with van der Waals surface area (Å²) in [5, 5.41) is 0.511. The zero-order chi connectivity index (χ0) is 15.9. The summed E-state index contributed by atoms with van der Waals surface area (Å²) < 4.78 is 0. The number of carbonyl (C=O) groups is 3. The number of benzene rings is 1. The molecule has 4 nitrogen and oxygen atoms in total. The highest BCUT2D eigenvalue weighted by Crippen LogP contribution is 2.65. The molecule has 0 unspecified atom stereocenters. The number of hydrogen-bond donors (Lipinski definition) is 0. The molecule has 1 heterocycles.